The third-order valence-corrected chi connectivity index (χ3v) is 11.7. The fourth-order valence-corrected chi connectivity index (χ4v) is 8.29. The van der Waals surface area contributed by atoms with E-state index in [0.29, 0.717) is 47.8 Å². The van der Waals surface area contributed by atoms with Gasteiger partial charge in [0, 0.05) is 22.9 Å². The zero-order valence-electron chi connectivity index (χ0n) is 26.1. The summed E-state index contributed by atoms with van der Waals surface area (Å²) in [6.07, 6.45) is 5.36. The molecule has 5 atom stereocenters. The molecule has 48 heavy (non-hydrogen) atoms. The van der Waals surface area contributed by atoms with E-state index in [1.165, 1.54) is 17.0 Å². The Morgan fingerprint density at radius 2 is 1.94 bits per heavy atom. The molecule has 1 aromatic heterocycles. The highest BCUT2D eigenvalue weighted by atomic mass is 79.9. The second kappa shape index (κ2) is 13.2. The van der Waals surface area contributed by atoms with Gasteiger partial charge in [0.1, 0.15) is 40.8 Å². The highest BCUT2D eigenvalue weighted by molar-refractivity contribution is 9.10. The first-order valence-electron chi connectivity index (χ1n) is 15.9. The van der Waals surface area contributed by atoms with E-state index in [1.54, 1.807) is 6.92 Å². The van der Waals surface area contributed by atoms with Crippen molar-refractivity contribution < 1.29 is 41.8 Å². The number of rotatable bonds is 6. The molecule has 3 fully saturated rings. The van der Waals surface area contributed by atoms with E-state index in [-0.39, 0.29) is 37.2 Å². The van der Waals surface area contributed by atoms with Gasteiger partial charge in [0.2, 0.25) is 27.7 Å². The molecule has 3 heterocycles. The summed E-state index contributed by atoms with van der Waals surface area (Å²) in [4.78, 5) is 63.4. The van der Waals surface area contributed by atoms with E-state index < -0.39 is 74.5 Å². The van der Waals surface area contributed by atoms with Crippen molar-refractivity contribution in [3.05, 3.63) is 40.3 Å². The fourth-order valence-electron chi connectivity index (χ4n) is 6.42. The highest BCUT2D eigenvalue weighted by Gasteiger charge is 2.62. The quantitative estimate of drug-likeness (QED) is 0.319. The third-order valence-electron chi connectivity index (χ3n) is 9.24. The van der Waals surface area contributed by atoms with Crippen molar-refractivity contribution in [1.82, 2.24) is 30.2 Å². The fraction of sp³-hybridized carbons (Fsp3) is 0.548. The number of nitrogens with zero attached hydrogens (tertiary/aromatic N) is 3. The second-order valence-corrected chi connectivity index (χ2v) is 15.7. The molecule has 14 nitrogen and oxygen atoms in total. The summed E-state index contributed by atoms with van der Waals surface area (Å²) in [5, 5.41) is 13.9. The number of carbonyl (C=O) groups excluding carboxylic acids is 3. The van der Waals surface area contributed by atoms with E-state index in [1.807, 2.05) is 12.2 Å². The first kappa shape index (κ1) is 34.0. The Balaban J connectivity index is 1.30. The largest absolute Gasteiger partial charge is 0.471 e. The number of halogens is 2. The van der Waals surface area contributed by atoms with Gasteiger partial charge in [-0.05, 0) is 67.4 Å². The molecule has 2 saturated carbocycles. The molecule has 2 aliphatic heterocycles. The molecular weight excluding hydrogens is 715 g/mol. The number of benzene rings is 1. The third kappa shape index (κ3) is 7.11. The average Bonchev–Trinajstić information content (AvgIpc) is 3.93. The molecule has 1 saturated heterocycles. The molecule has 2 aromatic rings. The predicted octanol–water partition coefficient (Wildman–Crippen LogP) is 2.83. The van der Waals surface area contributed by atoms with Gasteiger partial charge in [-0.1, -0.05) is 25.0 Å². The number of hydrogen-bond donors (Lipinski definition) is 4. The molecule has 258 valence electrons. The summed E-state index contributed by atoms with van der Waals surface area (Å²) >= 11 is 3.29. The molecule has 0 spiro atoms. The molecule has 0 bridgehead atoms. The van der Waals surface area contributed by atoms with Crippen LogP contribution in [0.5, 0.6) is 5.88 Å². The van der Waals surface area contributed by atoms with Gasteiger partial charge in [0.15, 0.2) is 0 Å². The zero-order valence-corrected chi connectivity index (χ0v) is 28.5. The summed E-state index contributed by atoms with van der Waals surface area (Å²) in [5.41, 5.74) is -0.532. The molecule has 0 radical (unpaired) electrons. The molecule has 4 amide bonds. The van der Waals surface area contributed by atoms with E-state index in [4.69, 9.17) is 4.74 Å². The minimum Gasteiger partial charge on any atom is -0.471 e. The van der Waals surface area contributed by atoms with Gasteiger partial charge < -0.3 is 25.4 Å². The molecule has 17 heteroatoms. The van der Waals surface area contributed by atoms with Crippen molar-refractivity contribution >= 4 is 60.8 Å². The van der Waals surface area contributed by atoms with Gasteiger partial charge in [-0.2, -0.15) is 0 Å². The Kier molecular flexibility index (Phi) is 9.37. The number of allylic oxidation sites excluding steroid dienone is 1. The van der Waals surface area contributed by atoms with Gasteiger partial charge in [0.25, 0.3) is 5.91 Å². The van der Waals surface area contributed by atoms with Gasteiger partial charge in [0.05, 0.1) is 17.3 Å². The number of sulfonamides is 1. The van der Waals surface area contributed by atoms with Crippen molar-refractivity contribution in [3.8, 4) is 5.88 Å². The van der Waals surface area contributed by atoms with Crippen molar-refractivity contribution in [2.75, 3.05) is 6.54 Å². The molecule has 4 N–H and O–H groups in total. The number of nitrogens with one attached hydrogen (secondary N) is 3. The summed E-state index contributed by atoms with van der Waals surface area (Å²) in [7, 11) is -3.91. The maximum Gasteiger partial charge on any atom is 0.405 e. The number of aryl methyl sites for hydroxylation is 1. The molecule has 0 unspecified atom stereocenters. The standard InChI is InChI=1S/C31H36BrFN6O8S/c1-16-27(35-23-12-18(33)11-21(32)25(23)34-16)47-19-13-24-26(40)37-31(29(42)38-48(45,46)20-9-10-20)14-17(31)7-5-3-2-4-6-8-22(36-30(43)44)28(41)39(24)15-19/h5,7,11-12,17,19-20,22,24,36H,2-4,6,8-10,13-15H2,1H3,(H,37,40)(H,38,42)(H,43,44)/b7-5-/t17-,19-,22+,24+,31-/m1/s1. The number of ether oxygens (including phenoxy) is 1. The lowest BCUT2D eigenvalue weighted by Crippen LogP contribution is -2.58. The molecule has 2 aliphatic carbocycles. The van der Waals surface area contributed by atoms with Gasteiger partial charge in [-0.25, -0.2) is 27.6 Å². The molecule has 6 rings (SSSR count). The first-order valence-corrected chi connectivity index (χ1v) is 18.3. The summed E-state index contributed by atoms with van der Waals surface area (Å²) in [6, 6.07) is 0.126. The lowest BCUT2D eigenvalue weighted by molar-refractivity contribution is -0.141. The second-order valence-electron chi connectivity index (χ2n) is 12.9. The van der Waals surface area contributed by atoms with E-state index in [0.717, 1.165) is 6.42 Å². The SMILES string of the molecule is Cc1nc2c(Br)cc(F)cc2nc1O[C@@H]1C[C@H]2C(=O)N[C@]3(C(=O)NS(=O)(=O)C4CC4)C[C@H]3/C=C\CCCCC[C@H](NC(=O)O)C(=O)N2C1. The lowest BCUT2D eigenvalue weighted by Gasteiger charge is -2.29. The van der Waals surface area contributed by atoms with Gasteiger partial charge in [-0.3, -0.25) is 19.1 Å². The van der Waals surface area contributed by atoms with Gasteiger partial charge >= 0.3 is 6.09 Å². The van der Waals surface area contributed by atoms with Crippen LogP contribution in [0, 0.1) is 18.7 Å². The van der Waals surface area contributed by atoms with Crippen LogP contribution in [0.4, 0.5) is 9.18 Å². The molecule has 1 aromatic carbocycles. The number of carboxylic acid groups (broad SMARTS) is 1. The summed E-state index contributed by atoms with van der Waals surface area (Å²) in [6.45, 7) is 1.52. The average molecular weight is 752 g/mol. The normalized spacial score (nSPS) is 28.7. The van der Waals surface area contributed by atoms with Gasteiger partial charge in [-0.15, -0.1) is 0 Å². The van der Waals surface area contributed by atoms with E-state index in [2.05, 4.69) is 41.3 Å². The van der Waals surface area contributed by atoms with Crippen LogP contribution in [0.1, 0.15) is 63.5 Å². The Morgan fingerprint density at radius 1 is 1.17 bits per heavy atom. The topological polar surface area (TPSA) is 197 Å². The molecular formula is C31H36BrFN6O8S. The van der Waals surface area contributed by atoms with Crippen LogP contribution in [0.2, 0.25) is 0 Å². The van der Waals surface area contributed by atoms with Crippen LogP contribution >= 0.6 is 15.9 Å². The van der Waals surface area contributed by atoms with Crippen LogP contribution < -0.4 is 20.1 Å². The number of aromatic nitrogens is 2. The Morgan fingerprint density at radius 3 is 2.67 bits per heavy atom. The number of hydrogen-bond acceptors (Lipinski definition) is 9. The van der Waals surface area contributed by atoms with Crippen LogP contribution in [0.15, 0.2) is 28.8 Å². The van der Waals surface area contributed by atoms with Crippen LogP contribution in [-0.4, -0.2) is 87.7 Å². The summed E-state index contributed by atoms with van der Waals surface area (Å²) < 4.78 is 48.2. The van der Waals surface area contributed by atoms with Crippen molar-refractivity contribution in [2.24, 2.45) is 5.92 Å². The minimum atomic E-state index is -3.91. The van der Waals surface area contributed by atoms with E-state index >= 15 is 0 Å². The smallest absolute Gasteiger partial charge is 0.405 e. The first-order chi connectivity index (χ1) is 22.8. The van der Waals surface area contributed by atoms with Crippen molar-refractivity contribution in [3.63, 3.8) is 0 Å². The zero-order chi connectivity index (χ0) is 34.4. The predicted molar refractivity (Wildman–Crippen MR) is 173 cm³/mol. The maximum atomic E-state index is 14.1. The Labute approximate surface area is 284 Å². The van der Waals surface area contributed by atoms with Crippen molar-refractivity contribution in [2.45, 2.75) is 93.7 Å². The molecule has 4 aliphatic rings. The maximum absolute atomic E-state index is 14.1. The van der Waals surface area contributed by atoms with Crippen LogP contribution in [0.25, 0.3) is 11.0 Å². The lowest BCUT2D eigenvalue weighted by atomic mass is 10.1. The monoisotopic (exact) mass is 750 g/mol. The number of amides is 4. The van der Waals surface area contributed by atoms with E-state index in [9.17, 15) is 37.1 Å². The Hall–Kier alpha value is -3.86. The summed E-state index contributed by atoms with van der Waals surface area (Å²) in [5.74, 6) is -3.12. The van der Waals surface area contributed by atoms with Crippen LogP contribution in [0.3, 0.4) is 0 Å². The van der Waals surface area contributed by atoms with Crippen LogP contribution in [-0.2, 0) is 24.4 Å². The number of fused-ring (bicyclic) bond motifs is 3. The van der Waals surface area contributed by atoms with Crippen molar-refractivity contribution in [1.29, 1.82) is 0 Å². The Bertz CT molecular complexity index is 1810. The number of carbonyl (C=O) groups is 4. The minimum absolute atomic E-state index is 0.0536. The highest BCUT2D eigenvalue weighted by Crippen LogP contribution is 2.46.